The Hall–Kier alpha value is -3.97. The van der Waals surface area contributed by atoms with Crippen LogP contribution in [0.5, 0.6) is 5.75 Å². The van der Waals surface area contributed by atoms with Crippen LogP contribution in [0.15, 0.2) is 84.9 Å². The molecule has 8 heteroatoms. The van der Waals surface area contributed by atoms with E-state index in [4.69, 9.17) is 26.3 Å². The molecule has 1 aliphatic rings. The molecule has 1 aliphatic heterocycles. The fourth-order valence-corrected chi connectivity index (χ4v) is 4.52. The average Bonchev–Trinajstić information content (AvgIpc) is 2.93. The molecule has 2 heterocycles. The van der Waals surface area contributed by atoms with Gasteiger partial charge in [0.25, 0.3) is 0 Å². The summed E-state index contributed by atoms with van der Waals surface area (Å²) in [4.78, 5) is 16.2. The van der Waals surface area contributed by atoms with Crippen molar-refractivity contribution in [3.05, 3.63) is 95.5 Å². The molecule has 0 bridgehead atoms. The number of rotatable bonds is 8. The fraction of sp³-hybridized carbons (Fsp3) is 0.241. The second-order valence-electron chi connectivity index (χ2n) is 9.16. The van der Waals surface area contributed by atoms with Crippen LogP contribution < -0.4 is 24.8 Å². The number of benzene rings is 3. The zero-order valence-electron chi connectivity index (χ0n) is 21.1. The lowest BCUT2D eigenvalue weighted by Gasteiger charge is -2.36. The minimum atomic E-state index is 0.521. The van der Waals surface area contributed by atoms with Crippen LogP contribution in [0.1, 0.15) is 5.56 Å². The SMILES string of the molecule is CN(C)c1cc(Nc2cccc(OCc3ccccc3)c2)nc(N2CCN(c3ccccc3Cl)CC2)n1. The van der Waals surface area contributed by atoms with Crippen molar-refractivity contribution < 1.29 is 4.74 Å². The molecule has 0 spiro atoms. The maximum atomic E-state index is 6.42. The third kappa shape index (κ3) is 6.24. The van der Waals surface area contributed by atoms with Gasteiger partial charge >= 0.3 is 0 Å². The smallest absolute Gasteiger partial charge is 0.229 e. The van der Waals surface area contributed by atoms with Crippen molar-refractivity contribution in [2.75, 3.05) is 60.3 Å². The van der Waals surface area contributed by atoms with E-state index < -0.39 is 0 Å². The second kappa shape index (κ2) is 11.4. The van der Waals surface area contributed by atoms with E-state index in [0.29, 0.717) is 12.6 Å². The van der Waals surface area contributed by atoms with Gasteiger partial charge in [-0.2, -0.15) is 9.97 Å². The van der Waals surface area contributed by atoms with Gasteiger partial charge in [-0.25, -0.2) is 0 Å². The number of piperazine rings is 1. The Morgan fingerprint density at radius 3 is 2.32 bits per heavy atom. The van der Waals surface area contributed by atoms with Crippen LogP contribution in [0.3, 0.4) is 0 Å². The molecule has 37 heavy (non-hydrogen) atoms. The molecule has 1 fully saturated rings. The summed E-state index contributed by atoms with van der Waals surface area (Å²) in [6.45, 7) is 3.84. The van der Waals surface area contributed by atoms with E-state index in [2.05, 4.69) is 33.3 Å². The molecule has 1 saturated heterocycles. The van der Waals surface area contributed by atoms with Gasteiger partial charge in [0.15, 0.2) is 0 Å². The maximum Gasteiger partial charge on any atom is 0.229 e. The average molecular weight is 515 g/mol. The van der Waals surface area contributed by atoms with Gasteiger partial charge in [-0.1, -0.05) is 60.1 Å². The molecule has 1 aromatic heterocycles. The second-order valence-corrected chi connectivity index (χ2v) is 9.57. The Kier molecular flexibility index (Phi) is 7.61. The van der Waals surface area contributed by atoms with E-state index in [0.717, 1.165) is 65.5 Å². The van der Waals surface area contributed by atoms with Gasteiger partial charge in [0.2, 0.25) is 5.95 Å². The molecule has 0 atom stereocenters. The molecule has 4 aromatic rings. The Morgan fingerprint density at radius 1 is 0.838 bits per heavy atom. The highest BCUT2D eigenvalue weighted by atomic mass is 35.5. The first-order chi connectivity index (χ1) is 18.0. The number of para-hydroxylation sites is 1. The van der Waals surface area contributed by atoms with Crippen LogP contribution in [0, 0.1) is 0 Å². The minimum Gasteiger partial charge on any atom is -0.489 e. The topological polar surface area (TPSA) is 56.8 Å². The molecule has 7 nitrogen and oxygen atoms in total. The van der Waals surface area contributed by atoms with E-state index in [1.807, 2.05) is 85.7 Å². The van der Waals surface area contributed by atoms with Crippen LogP contribution in [0.25, 0.3) is 0 Å². The molecule has 0 saturated carbocycles. The van der Waals surface area contributed by atoms with Gasteiger partial charge in [-0.05, 0) is 29.8 Å². The Morgan fingerprint density at radius 2 is 1.57 bits per heavy atom. The highest BCUT2D eigenvalue weighted by Crippen LogP contribution is 2.28. The van der Waals surface area contributed by atoms with Crippen molar-refractivity contribution >= 4 is 40.6 Å². The Labute approximate surface area is 223 Å². The van der Waals surface area contributed by atoms with Crippen LogP contribution in [-0.2, 0) is 6.61 Å². The lowest BCUT2D eigenvalue weighted by Crippen LogP contribution is -2.47. The van der Waals surface area contributed by atoms with Gasteiger partial charge in [0.05, 0.1) is 10.7 Å². The van der Waals surface area contributed by atoms with Crippen LogP contribution in [0.2, 0.25) is 5.02 Å². The van der Waals surface area contributed by atoms with Gasteiger partial charge < -0.3 is 24.8 Å². The van der Waals surface area contributed by atoms with Gasteiger partial charge in [-0.15, -0.1) is 0 Å². The Bertz CT molecular complexity index is 1330. The number of nitrogens with one attached hydrogen (secondary N) is 1. The summed E-state index contributed by atoms with van der Waals surface area (Å²) >= 11 is 6.42. The largest absolute Gasteiger partial charge is 0.489 e. The standard InChI is InChI=1S/C29H31ClN6O/c1-34(2)28-20-27(31-23-11-8-12-24(19-23)37-21-22-9-4-3-5-10-22)32-29(33-28)36-17-15-35(16-18-36)26-14-7-6-13-25(26)30/h3-14,19-20H,15-18,21H2,1-2H3,(H,31,32,33). The minimum absolute atomic E-state index is 0.521. The molecule has 3 aromatic carbocycles. The first kappa shape index (κ1) is 24.7. The molecular weight excluding hydrogens is 484 g/mol. The summed E-state index contributed by atoms with van der Waals surface area (Å²) in [5, 5.41) is 4.23. The Balaban J connectivity index is 1.29. The fourth-order valence-electron chi connectivity index (χ4n) is 4.26. The van der Waals surface area contributed by atoms with Crippen LogP contribution in [0.4, 0.5) is 29.0 Å². The molecule has 0 radical (unpaired) electrons. The quantitative estimate of drug-likeness (QED) is 0.317. The van der Waals surface area contributed by atoms with E-state index in [1.165, 1.54) is 0 Å². The first-order valence-corrected chi connectivity index (χ1v) is 12.8. The molecule has 0 aliphatic carbocycles. The van der Waals surface area contributed by atoms with Crippen LogP contribution in [-0.4, -0.2) is 50.2 Å². The summed E-state index contributed by atoms with van der Waals surface area (Å²) in [6.07, 6.45) is 0. The summed E-state index contributed by atoms with van der Waals surface area (Å²) in [5.74, 6) is 3.09. The van der Waals surface area contributed by atoms with Crippen LogP contribution >= 0.6 is 11.6 Å². The number of ether oxygens (including phenoxy) is 1. The van der Waals surface area contributed by atoms with Crippen molar-refractivity contribution in [1.29, 1.82) is 0 Å². The number of nitrogens with zero attached hydrogens (tertiary/aromatic N) is 5. The maximum absolute atomic E-state index is 6.42. The van der Waals surface area contributed by atoms with Gasteiger partial charge in [-0.3, -0.25) is 0 Å². The molecule has 1 N–H and O–H groups in total. The van der Waals surface area contributed by atoms with Crippen molar-refractivity contribution in [2.45, 2.75) is 6.61 Å². The van der Waals surface area contributed by atoms with Crippen molar-refractivity contribution in [3.63, 3.8) is 0 Å². The lowest BCUT2D eigenvalue weighted by molar-refractivity contribution is 0.306. The molecular formula is C29H31ClN6O. The lowest BCUT2D eigenvalue weighted by atomic mass is 10.2. The molecule has 0 unspecified atom stereocenters. The number of aromatic nitrogens is 2. The van der Waals surface area contributed by atoms with Gasteiger partial charge in [0, 0.05) is 58.1 Å². The highest BCUT2D eigenvalue weighted by Gasteiger charge is 2.22. The third-order valence-corrected chi connectivity index (χ3v) is 6.59. The molecule has 5 rings (SSSR count). The number of halogens is 1. The normalized spacial score (nSPS) is 13.4. The summed E-state index contributed by atoms with van der Waals surface area (Å²) in [6, 6.07) is 28.0. The predicted molar refractivity (Wildman–Crippen MR) is 153 cm³/mol. The number of hydrogen-bond acceptors (Lipinski definition) is 7. The van der Waals surface area contributed by atoms with E-state index >= 15 is 0 Å². The number of anilines is 5. The number of hydrogen-bond donors (Lipinski definition) is 1. The molecule has 0 amide bonds. The van der Waals surface area contributed by atoms with E-state index in [-0.39, 0.29) is 0 Å². The van der Waals surface area contributed by atoms with E-state index in [9.17, 15) is 0 Å². The van der Waals surface area contributed by atoms with Crippen molar-refractivity contribution in [2.24, 2.45) is 0 Å². The van der Waals surface area contributed by atoms with E-state index in [1.54, 1.807) is 0 Å². The monoisotopic (exact) mass is 514 g/mol. The highest BCUT2D eigenvalue weighted by molar-refractivity contribution is 6.33. The first-order valence-electron chi connectivity index (χ1n) is 12.4. The zero-order valence-corrected chi connectivity index (χ0v) is 21.9. The van der Waals surface area contributed by atoms with Gasteiger partial charge in [0.1, 0.15) is 24.0 Å². The summed E-state index contributed by atoms with van der Waals surface area (Å²) in [5.41, 5.74) is 3.11. The zero-order chi connectivity index (χ0) is 25.6. The van der Waals surface area contributed by atoms with Crippen molar-refractivity contribution in [1.82, 2.24) is 9.97 Å². The predicted octanol–water partition coefficient (Wildman–Crippen LogP) is 5.85. The third-order valence-electron chi connectivity index (χ3n) is 6.27. The van der Waals surface area contributed by atoms with Crippen molar-refractivity contribution in [3.8, 4) is 5.75 Å². The molecule has 190 valence electrons. The summed E-state index contributed by atoms with van der Waals surface area (Å²) in [7, 11) is 3.98. The summed E-state index contributed by atoms with van der Waals surface area (Å²) < 4.78 is 6.00.